The molecule has 7 nitrogen and oxygen atoms in total. The topological polar surface area (TPSA) is 81.9 Å². The van der Waals surface area contributed by atoms with E-state index >= 15 is 0 Å². The van der Waals surface area contributed by atoms with Gasteiger partial charge in [-0.1, -0.05) is 17.7 Å². The van der Waals surface area contributed by atoms with E-state index in [0.29, 0.717) is 31.2 Å². The number of carbonyl (C=O) groups is 1. The molecule has 0 atom stereocenters. The van der Waals surface area contributed by atoms with Gasteiger partial charge in [-0.3, -0.25) is 10.1 Å². The van der Waals surface area contributed by atoms with Gasteiger partial charge < -0.3 is 14.4 Å². The number of nitro benzene ring substituents is 1. The van der Waals surface area contributed by atoms with Gasteiger partial charge >= 0.3 is 6.09 Å². The minimum absolute atomic E-state index is 0.0383. The first-order valence-electron chi connectivity index (χ1n) is 7.55. The molecule has 0 aromatic heterocycles. The van der Waals surface area contributed by atoms with Crippen molar-refractivity contribution in [1.29, 1.82) is 0 Å². The second-order valence-electron chi connectivity index (χ2n) is 6.30. The monoisotopic (exact) mass is 358 g/mol. The van der Waals surface area contributed by atoms with Gasteiger partial charge in [0.05, 0.1) is 23.2 Å². The quantitative estimate of drug-likeness (QED) is 0.422. The van der Waals surface area contributed by atoms with E-state index < -0.39 is 16.6 Å². The summed E-state index contributed by atoms with van der Waals surface area (Å²) in [5.41, 5.74) is 0.213. The summed E-state index contributed by atoms with van der Waals surface area (Å²) in [5, 5.41) is 11.0. The normalized spacial score (nSPS) is 11.2. The Balaban J connectivity index is 2.31. The Morgan fingerprint density at radius 3 is 2.54 bits per heavy atom. The lowest BCUT2D eigenvalue weighted by atomic mass is 10.1. The average Bonchev–Trinajstić information content (AvgIpc) is 2.46. The van der Waals surface area contributed by atoms with Crippen LogP contribution in [-0.4, -0.2) is 48.3 Å². The van der Waals surface area contributed by atoms with Crippen LogP contribution in [0.1, 0.15) is 26.3 Å². The maximum absolute atomic E-state index is 11.8. The molecule has 0 aliphatic rings. The molecule has 1 rings (SSSR count). The van der Waals surface area contributed by atoms with Gasteiger partial charge in [-0.25, -0.2) is 4.79 Å². The van der Waals surface area contributed by atoms with E-state index in [2.05, 4.69) is 0 Å². The van der Waals surface area contributed by atoms with Gasteiger partial charge in [0.25, 0.3) is 5.69 Å². The van der Waals surface area contributed by atoms with Crippen molar-refractivity contribution < 1.29 is 19.2 Å². The van der Waals surface area contributed by atoms with Crippen molar-refractivity contribution in [2.24, 2.45) is 0 Å². The molecule has 0 N–H and O–H groups in total. The molecule has 1 amide bonds. The number of benzene rings is 1. The summed E-state index contributed by atoms with van der Waals surface area (Å²) >= 11 is 6.01. The highest BCUT2D eigenvalue weighted by Crippen LogP contribution is 2.22. The summed E-state index contributed by atoms with van der Waals surface area (Å²) in [5.74, 6) is 0. The number of amides is 1. The van der Waals surface area contributed by atoms with Gasteiger partial charge in [0.2, 0.25) is 0 Å². The Bertz CT molecular complexity index is 586. The summed E-state index contributed by atoms with van der Waals surface area (Å²) < 4.78 is 10.7. The predicted octanol–water partition coefficient (Wildman–Crippen LogP) is 3.67. The molecule has 0 radical (unpaired) electrons. The zero-order valence-corrected chi connectivity index (χ0v) is 15.1. The number of carbonyl (C=O) groups excluding carboxylic acids is 1. The number of nitro groups is 1. The maximum atomic E-state index is 11.8. The zero-order valence-electron chi connectivity index (χ0n) is 14.4. The summed E-state index contributed by atoms with van der Waals surface area (Å²) in [4.78, 5) is 23.4. The molecule has 8 heteroatoms. The molecule has 0 aliphatic heterocycles. The van der Waals surface area contributed by atoms with Crippen LogP contribution in [0.25, 0.3) is 0 Å². The molecule has 0 unspecified atom stereocenters. The molecular weight excluding hydrogens is 336 g/mol. The van der Waals surface area contributed by atoms with Crippen LogP contribution in [0.15, 0.2) is 18.2 Å². The van der Waals surface area contributed by atoms with Crippen LogP contribution in [0, 0.1) is 10.1 Å². The van der Waals surface area contributed by atoms with Crippen molar-refractivity contribution in [2.45, 2.75) is 32.8 Å². The first-order chi connectivity index (χ1) is 11.1. The summed E-state index contributed by atoms with van der Waals surface area (Å²) in [6.45, 7) is 6.60. The van der Waals surface area contributed by atoms with E-state index in [9.17, 15) is 14.9 Å². The van der Waals surface area contributed by atoms with Crippen LogP contribution in [0.2, 0.25) is 5.02 Å². The van der Waals surface area contributed by atoms with E-state index in [-0.39, 0.29) is 5.69 Å². The maximum Gasteiger partial charge on any atom is 0.410 e. The van der Waals surface area contributed by atoms with Crippen LogP contribution in [0.3, 0.4) is 0 Å². The van der Waals surface area contributed by atoms with Crippen molar-refractivity contribution in [3.8, 4) is 0 Å². The fraction of sp³-hybridized carbons (Fsp3) is 0.562. The highest BCUT2D eigenvalue weighted by molar-refractivity contribution is 6.31. The fourth-order valence-corrected chi connectivity index (χ4v) is 2.04. The van der Waals surface area contributed by atoms with Gasteiger partial charge in [-0.15, -0.1) is 0 Å². The highest BCUT2D eigenvalue weighted by Gasteiger charge is 2.19. The molecule has 1 aromatic rings. The third-order valence-corrected chi connectivity index (χ3v) is 3.39. The molecule has 0 saturated carbocycles. The first kappa shape index (κ1) is 20.2. The zero-order chi connectivity index (χ0) is 18.3. The number of rotatable bonds is 7. The molecule has 0 heterocycles. The van der Waals surface area contributed by atoms with E-state index in [0.717, 1.165) is 5.56 Å². The minimum Gasteiger partial charge on any atom is -0.444 e. The standard InChI is InChI=1S/C16H23ClN2O5/c1-16(2,3)24-15(20)18(4)8-10-23-9-7-12-5-6-13(19(21)22)11-14(12)17/h5-6,11H,7-10H2,1-4H3. The van der Waals surface area contributed by atoms with Crippen LogP contribution in [0.5, 0.6) is 0 Å². The van der Waals surface area contributed by atoms with Crippen LogP contribution in [-0.2, 0) is 15.9 Å². The van der Waals surface area contributed by atoms with E-state index in [1.165, 1.54) is 17.0 Å². The van der Waals surface area contributed by atoms with Gasteiger partial charge in [0.15, 0.2) is 0 Å². The van der Waals surface area contributed by atoms with Crippen LogP contribution >= 0.6 is 11.6 Å². The van der Waals surface area contributed by atoms with Crippen molar-refractivity contribution in [2.75, 3.05) is 26.8 Å². The largest absolute Gasteiger partial charge is 0.444 e. The minimum atomic E-state index is -0.529. The number of nitrogens with zero attached hydrogens (tertiary/aromatic N) is 2. The second kappa shape index (κ2) is 8.84. The lowest BCUT2D eigenvalue weighted by Crippen LogP contribution is -2.36. The number of non-ortho nitro benzene ring substituents is 1. The molecule has 0 saturated heterocycles. The Hall–Kier alpha value is -1.86. The van der Waals surface area contributed by atoms with Gasteiger partial charge in [0, 0.05) is 25.7 Å². The Morgan fingerprint density at radius 2 is 2.00 bits per heavy atom. The van der Waals surface area contributed by atoms with Gasteiger partial charge in [0.1, 0.15) is 5.60 Å². The fourth-order valence-electron chi connectivity index (χ4n) is 1.77. The molecular formula is C16H23ClN2O5. The third kappa shape index (κ3) is 7.14. The van der Waals surface area contributed by atoms with Crippen LogP contribution < -0.4 is 0 Å². The first-order valence-corrected chi connectivity index (χ1v) is 7.92. The Kier molecular flexibility index (Phi) is 7.44. The van der Waals surface area contributed by atoms with Crippen molar-refractivity contribution in [1.82, 2.24) is 4.90 Å². The number of halogens is 1. The Labute approximate surface area is 146 Å². The highest BCUT2D eigenvalue weighted by atomic mass is 35.5. The molecule has 1 aromatic carbocycles. The summed E-state index contributed by atoms with van der Waals surface area (Å²) in [7, 11) is 1.64. The Morgan fingerprint density at radius 1 is 1.33 bits per heavy atom. The van der Waals surface area contributed by atoms with Crippen molar-refractivity contribution in [3.63, 3.8) is 0 Å². The van der Waals surface area contributed by atoms with Crippen molar-refractivity contribution in [3.05, 3.63) is 38.9 Å². The van der Waals surface area contributed by atoms with Crippen molar-refractivity contribution >= 4 is 23.4 Å². The summed E-state index contributed by atoms with van der Waals surface area (Å²) in [6, 6.07) is 4.36. The van der Waals surface area contributed by atoms with Crippen LogP contribution in [0.4, 0.5) is 10.5 Å². The number of hydrogen-bond donors (Lipinski definition) is 0. The van der Waals surface area contributed by atoms with Gasteiger partial charge in [-0.2, -0.15) is 0 Å². The molecule has 0 aliphatic carbocycles. The third-order valence-electron chi connectivity index (χ3n) is 3.04. The number of ether oxygens (including phenoxy) is 2. The lowest BCUT2D eigenvalue weighted by molar-refractivity contribution is -0.384. The smallest absolute Gasteiger partial charge is 0.410 e. The van der Waals surface area contributed by atoms with E-state index in [1.807, 2.05) is 20.8 Å². The lowest BCUT2D eigenvalue weighted by Gasteiger charge is -2.24. The number of hydrogen-bond acceptors (Lipinski definition) is 5. The predicted molar refractivity (Wildman–Crippen MR) is 91.5 cm³/mol. The second-order valence-corrected chi connectivity index (χ2v) is 6.70. The molecule has 0 fully saturated rings. The summed E-state index contributed by atoms with van der Waals surface area (Å²) in [6.07, 6.45) is 0.136. The van der Waals surface area contributed by atoms with Gasteiger partial charge in [-0.05, 0) is 32.8 Å². The molecule has 134 valence electrons. The molecule has 0 spiro atoms. The van der Waals surface area contributed by atoms with E-state index in [4.69, 9.17) is 21.1 Å². The molecule has 0 bridgehead atoms. The SMILES string of the molecule is CN(CCOCCc1ccc([N+](=O)[O-])cc1Cl)C(=O)OC(C)(C)C. The average molecular weight is 359 g/mol. The van der Waals surface area contributed by atoms with E-state index in [1.54, 1.807) is 13.1 Å². The number of likely N-dealkylation sites (N-methyl/N-ethyl adjacent to an activating group) is 1. The molecule has 24 heavy (non-hydrogen) atoms.